The molecule has 9 nitrogen and oxygen atoms in total. The van der Waals surface area contributed by atoms with Gasteiger partial charge in [0.15, 0.2) is 0 Å². The van der Waals surface area contributed by atoms with Crippen LogP contribution in [0.1, 0.15) is 38.5 Å². The first-order valence-corrected chi connectivity index (χ1v) is 15.8. The molecule has 1 heterocycles. The molecule has 6 atom stereocenters. The van der Waals surface area contributed by atoms with Gasteiger partial charge >= 0.3 is 0 Å². The Morgan fingerprint density at radius 2 is 1.98 bits per heavy atom. The van der Waals surface area contributed by atoms with Crippen molar-refractivity contribution in [1.29, 1.82) is 0 Å². The number of para-hydroxylation sites is 1. The number of aliphatic hydroxyl groups is 2. The van der Waals surface area contributed by atoms with Crippen molar-refractivity contribution in [2.45, 2.75) is 56.8 Å². The Labute approximate surface area is 250 Å². The zero-order chi connectivity index (χ0) is 28.1. The smallest absolute Gasteiger partial charge is 0.247 e. The molecule has 5 rings (SSSR count). The van der Waals surface area contributed by atoms with Gasteiger partial charge in [-0.25, -0.2) is 0 Å². The summed E-state index contributed by atoms with van der Waals surface area (Å²) >= 11 is 2.19. The monoisotopic (exact) mass is 667 g/mol. The number of carbonyl (C=O) groups is 2. The van der Waals surface area contributed by atoms with E-state index in [4.69, 9.17) is 9.47 Å². The zero-order valence-electron chi connectivity index (χ0n) is 23.1. The van der Waals surface area contributed by atoms with Crippen LogP contribution in [0.2, 0.25) is 0 Å². The number of nitrogens with one attached hydrogen (secondary N) is 1. The Kier molecular flexibility index (Phi) is 10.4. The van der Waals surface area contributed by atoms with Crippen molar-refractivity contribution in [2.24, 2.45) is 17.8 Å². The number of carbonyl (C=O) groups excluding carboxylic acids is 2. The van der Waals surface area contributed by atoms with Gasteiger partial charge in [0.2, 0.25) is 11.8 Å². The van der Waals surface area contributed by atoms with Crippen LogP contribution in [0.25, 0.3) is 0 Å². The summed E-state index contributed by atoms with van der Waals surface area (Å²) < 4.78 is 12.7. The number of ether oxygens (including phenoxy) is 2. The Balaban J connectivity index is 1.39. The summed E-state index contributed by atoms with van der Waals surface area (Å²) in [6.07, 6.45) is 5.45. The van der Waals surface area contributed by atoms with Gasteiger partial charge in [0, 0.05) is 51.1 Å². The van der Waals surface area contributed by atoms with Crippen molar-refractivity contribution in [3.05, 3.63) is 39.5 Å². The van der Waals surface area contributed by atoms with Crippen LogP contribution in [0.4, 0.5) is 0 Å². The molecule has 0 aromatic heterocycles. The number of nitrogens with zero attached hydrogens (tertiary/aromatic N) is 2. The van der Waals surface area contributed by atoms with Gasteiger partial charge < -0.3 is 29.9 Å². The molecule has 0 spiro atoms. The van der Waals surface area contributed by atoms with E-state index in [0.717, 1.165) is 29.0 Å². The highest BCUT2D eigenvalue weighted by Gasteiger charge is 2.44. The fraction of sp³-hybridized carbons (Fsp3) is 0.667. The van der Waals surface area contributed by atoms with Crippen LogP contribution in [0.3, 0.4) is 0 Å². The van der Waals surface area contributed by atoms with E-state index in [9.17, 15) is 19.8 Å². The molecule has 2 saturated carbocycles. The van der Waals surface area contributed by atoms with Crippen molar-refractivity contribution in [2.75, 3.05) is 52.5 Å². The van der Waals surface area contributed by atoms with Gasteiger partial charge in [-0.1, -0.05) is 18.6 Å². The van der Waals surface area contributed by atoms with Crippen LogP contribution in [0.15, 0.2) is 35.9 Å². The Bertz CT molecular complexity index is 1060. The molecule has 1 aromatic rings. The Morgan fingerprint density at radius 3 is 2.67 bits per heavy atom. The third kappa shape index (κ3) is 7.18. The average molecular weight is 668 g/mol. The number of hydrogen-bond acceptors (Lipinski definition) is 7. The lowest BCUT2D eigenvalue weighted by Crippen LogP contribution is -2.57. The Hall–Kier alpha value is -1.73. The van der Waals surface area contributed by atoms with Gasteiger partial charge in [-0.2, -0.15) is 0 Å². The van der Waals surface area contributed by atoms with Gasteiger partial charge in [0.1, 0.15) is 18.0 Å². The summed E-state index contributed by atoms with van der Waals surface area (Å²) in [5.41, 5.74) is 0.462. The molecular weight excluding hydrogens is 625 g/mol. The molecule has 1 saturated heterocycles. The standard InChI is InChI=1S/C30H42IN3O6/c31-24-3-1-2-4-26(24)40-27-18-23(30(38)32-7-12-35)17-25(29(27)37)34(9-8-33-10-13-39-14-11-33)28(36)19-22-16-20-5-6-21(22)15-20/h1-4,18,20-22,25,27,29,35,37H,5-17,19H2,(H,32,38)/t20?,21?,22?,25-,27+,29+/m1/s1. The molecule has 2 amide bonds. The first-order chi connectivity index (χ1) is 19.4. The molecule has 1 aromatic carbocycles. The maximum absolute atomic E-state index is 14.0. The number of benzene rings is 1. The van der Waals surface area contributed by atoms with Gasteiger partial charge in [-0.15, -0.1) is 0 Å². The van der Waals surface area contributed by atoms with Crippen LogP contribution < -0.4 is 10.1 Å². The van der Waals surface area contributed by atoms with Crippen molar-refractivity contribution < 1.29 is 29.3 Å². The van der Waals surface area contributed by atoms with E-state index in [1.807, 2.05) is 29.2 Å². The highest BCUT2D eigenvalue weighted by molar-refractivity contribution is 14.1. The third-order valence-corrected chi connectivity index (χ3v) is 10.0. The normalized spacial score (nSPS) is 30.1. The molecule has 1 aliphatic heterocycles. The van der Waals surface area contributed by atoms with E-state index in [-0.39, 0.29) is 31.4 Å². The second-order valence-corrected chi connectivity index (χ2v) is 12.8. The van der Waals surface area contributed by atoms with Gasteiger partial charge in [-0.05, 0) is 77.8 Å². The number of aliphatic hydroxyl groups excluding tert-OH is 2. The van der Waals surface area contributed by atoms with E-state index in [1.165, 1.54) is 19.3 Å². The van der Waals surface area contributed by atoms with E-state index < -0.39 is 18.2 Å². The number of rotatable bonds is 11. The predicted molar refractivity (Wildman–Crippen MR) is 159 cm³/mol. The first kappa shape index (κ1) is 29.8. The van der Waals surface area contributed by atoms with Crippen molar-refractivity contribution in [3.63, 3.8) is 0 Å². The quantitative estimate of drug-likeness (QED) is 0.311. The summed E-state index contributed by atoms with van der Waals surface area (Å²) in [5.74, 6) is 2.14. The van der Waals surface area contributed by atoms with E-state index >= 15 is 0 Å². The predicted octanol–water partition coefficient (Wildman–Crippen LogP) is 2.19. The molecule has 3 unspecified atom stereocenters. The van der Waals surface area contributed by atoms with Crippen molar-refractivity contribution in [3.8, 4) is 5.75 Å². The molecule has 3 aliphatic carbocycles. The molecule has 10 heteroatoms. The molecule has 2 bridgehead atoms. The first-order valence-electron chi connectivity index (χ1n) is 14.7. The van der Waals surface area contributed by atoms with Crippen LogP contribution in [-0.4, -0.2) is 103 Å². The number of hydrogen-bond donors (Lipinski definition) is 3. The van der Waals surface area contributed by atoms with Crippen LogP contribution >= 0.6 is 22.6 Å². The highest BCUT2D eigenvalue weighted by Crippen LogP contribution is 2.49. The number of halogens is 1. The average Bonchev–Trinajstić information content (AvgIpc) is 3.59. The lowest BCUT2D eigenvalue weighted by Gasteiger charge is -2.42. The summed E-state index contributed by atoms with van der Waals surface area (Å²) in [4.78, 5) is 31.3. The maximum Gasteiger partial charge on any atom is 0.247 e. The van der Waals surface area contributed by atoms with Gasteiger partial charge in [-0.3, -0.25) is 14.5 Å². The molecule has 220 valence electrons. The van der Waals surface area contributed by atoms with Crippen LogP contribution in [0, 0.1) is 21.3 Å². The Morgan fingerprint density at radius 1 is 1.18 bits per heavy atom. The van der Waals surface area contributed by atoms with Crippen molar-refractivity contribution in [1.82, 2.24) is 15.1 Å². The molecule has 3 fully saturated rings. The lowest BCUT2D eigenvalue weighted by molar-refractivity contribution is -0.140. The zero-order valence-corrected chi connectivity index (χ0v) is 25.2. The third-order valence-electron chi connectivity index (χ3n) is 9.12. The van der Waals surface area contributed by atoms with E-state index in [0.29, 0.717) is 55.9 Å². The number of morpholine rings is 1. The van der Waals surface area contributed by atoms with Crippen LogP contribution in [0.5, 0.6) is 5.75 Å². The van der Waals surface area contributed by atoms with Gasteiger partial charge in [0.05, 0.1) is 29.4 Å². The molecule has 4 aliphatic rings. The maximum atomic E-state index is 14.0. The summed E-state index contributed by atoms with van der Waals surface area (Å²) in [7, 11) is 0. The molecule has 40 heavy (non-hydrogen) atoms. The highest BCUT2D eigenvalue weighted by atomic mass is 127. The van der Waals surface area contributed by atoms with E-state index in [2.05, 4.69) is 32.8 Å². The molecular formula is C30H42IN3O6. The number of amides is 2. The van der Waals surface area contributed by atoms with E-state index in [1.54, 1.807) is 6.08 Å². The molecule has 3 N–H and O–H groups in total. The van der Waals surface area contributed by atoms with Crippen molar-refractivity contribution >= 4 is 34.4 Å². The fourth-order valence-electron chi connectivity index (χ4n) is 6.98. The largest absolute Gasteiger partial charge is 0.482 e. The van der Waals surface area contributed by atoms with Gasteiger partial charge in [0.25, 0.3) is 0 Å². The lowest BCUT2D eigenvalue weighted by atomic mass is 9.84. The summed E-state index contributed by atoms with van der Waals surface area (Å²) in [6, 6.07) is 6.96. The minimum Gasteiger partial charge on any atom is -0.482 e. The van der Waals surface area contributed by atoms with Crippen LogP contribution in [-0.2, 0) is 14.3 Å². The fourth-order valence-corrected chi connectivity index (χ4v) is 7.50. The minimum absolute atomic E-state index is 0.0555. The topological polar surface area (TPSA) is 112 Å². The minimum atomic E-state index is -1.00. The summed E-state index contributed by atoms with van der Waals surface area (Å²) in [6.45, 7) is 4.11. The molecule has 0 radical (unpaired) electrons. The summed E-state index contributed by atoms with van der Waals surface area (Å²) in [5, 5.41) is 23.7. The number of fused-ring (bicyclic) bond motifs is 2. The second-order valence-electron chi connectivity index (χ2n) is 11.6. The SMILES string of the molecule is O=C(NCCO)C1=C[C@H](Oc2ccccc2I)[C@@H](O)[C@H](N(CCN2CCOCC2)C(=O)CC2CC3CCC2C3)C1. The second kappa shape index (κ2) is 14.0.